The van der Waals surface area contributed by atoms with Gasteiger partial charge in [0.2, 0.25) is 0 Å². The first kappa shape index (κ1) is 12.4. The molecule has 0 aromatic heterocycles. The number of ether oxygens (including phenoxy) is 1. The minimum atomic E-state index is -0.790. The Labute approximate surface area is 106 Å². The third-order valence-electron chi connectivity index (χ3n) is 3.27. The predicted molar refractivity (Wildman–Crippen MR) is 66.9 cm³/mol. The average Bonchev–Trinajstić information content (AvgIpc) is 2.61. The Morgan fingerprint density at radius 3 is 2.50 bits per heavy atom. The molecule has 1 fully saturated rings. The van der Waals surface area contributed by atoms with Gasteiger partial charge in [-0.05, 0) is 25.5 Å². The van der Waals surface area contributed by atoms with E-state index in [4.69, 9.17) is 4.74 Å². The molecule has 1 aliphatic heterocycles. The van der Waals surface area contributed by atoms with Crippen LogP contribution in [0.1, 0.15) is 30.6 Å². The lowest BCUT2D eigenvalue weighted by atomic mass is 10.00. The lowest BCUT2D eigenvalue weighted by molar-refractivity contribution is 0.0738. The highest BCUT2D eigenvalue weighted by Crippen LogP contribution is 2.35. The maximum atomic E-state index is 12.2. The Morgan fingerprint density at radius 1 is 1.39 bits per heavy atom. The molecule has 1 aliphatic rings. The molecule has 0 spiro atoms. The van der Waals surface area contributed by atoms with Gasteiger partial charge in [0, 0.05) is 5.56 Å². The zero-order valence-corrected chi connectivity index (χ0v) is 10.5. The second kappa shape index (κ2) is 4.29. The number of amides is 2. The molecule has 94 valence electrons. The second-order valence-corrected chi connectivity index (χ2v) is 4.41. The van der Waals surface area contributed by atoms with Gasteiger partial charge in [0.25, 0.3) is 5.91 Å². The van der Waals surface area contributed by atoms with E-state index in [0.29, 0.717) is 17.7 Å². The van der Waals surface area contributed by atoms with Crippen LogP contribution in [0.2, 0.25) is 0 Å². The predicted octanol–water partition coefficient (Wildman–Crippen LogP) is 2.96. The van der Waals surface area contributed by atoms with E-state index in [2.05, 4.69) is 6.58 Å². The Balaban J connectivity index is 2.33. The third-order valence-corrected chi connectivity index (χ3v) is 3.27. The summed E-state index contributed by atoms with van der Waals surface area (Å²) in [5, 5.41) is 0. The van der Waals surface area contributed by atoms with Crippen molar-refractivity contribution in [1.29, 1.82) is 0 Å². The summed E-state index contributed by atoms with van der Waals surface area (Å²) in [5.41, 5.74) is 0.0430. The van der Waals surface area contributed by atoms with E-state index in [1.165, 1.54) is 0 Å². The number of hydrogen-bond acceptors (Lipinski definition) is 3. The Morgan fingerprint density at radius 2 is 2.00 bits per heavy atom. The van der Waals surface area contributed by atoms with Crippen LogP contribution in [-0.2, 0) is 4.74 Å². The van der Waals surface area contributed by atoms with Gasteiger partial charge in [-0.25, -0.2) is 9.69 Å². The quantitative estimate of drug-likeness (QED) is 0.804. The molecule has 0 N–H and O–H groups in total. The Hall–Kier alpha value is -2.10. The summed E-state index contributed by atoms with van der Waals surface area (Å²) >= 11 is 0. The fourth-order valence-corrected chi connectivity index (χ4v) is 1.84. The molecule has 0 aliphatic carbocycles. The van der Waals surface area contributed by atoms with E-state index >= 15 is 0 Å². The van der Waals surface area contributed by atoms with Gasteiger partial charge in [-0.3, -0.25) is 4.79 Å². The maximum absolute atomic E-state index is 12.2. The molecule has 2 amide bonds. The van der Waals surface area contributed by atoms with Crippen LogP contribution < -0.4 is 0 Å². The summed E-state index contributed by atoms with van der Waals surface area (Å²) in [4.78, 5) is 25.0. The van der Waals surface area contributed by atoms with Crippen LogP contribution in [0.3, 0.4) is 0 Å². The van der Waals surface area contributed by atoms with Crippen molar-refractivity contribution in [2.45, 2.75) is 25.9 Å². The SMILES string of the molecule is C=C1N(C(=O)c2ccccc2)C(=O)OC1(C)CC. The van der Waals surface area contributed by atoms with E-state index in [0.717, 1.165) is 4.90 Å². The van der Waals surface area contributed by atoms with Crippen molar-refractivity contribution in [3.63, 3.8) is 0 Å². The van der Waals surface area contributed by atoms with Gasteiger partial charge in [0.15, 0.2) is 5.60 Å². The fraction of sp³-hybridized carbons (Fsp3) is 0.286. The Bertz CT molecular complexity index is 509. The highest BCUT2D eigenvalue weighted by atomic mass is 16.6. The number of rotatable bonds is 2. The van der Waals surface area contributed by atoms with Crippen molar-refractivity contribution in [2.24, 2.45) is 0 Å². The summed E-state index contributed by atoms with van der Waals surface area (Å²) in [7, 11) is 0. The summed E-state index contributed by atoms with van der Waals surface area (Å²) in [6.45, 7) is 7.46. The molecule has 1 unspecified atom stereocenters. The maximum Gasteiger partial charge on any atom is 0.422 e. The number of nitrogens with zero attached hydrogens (tertiary/aromatic N) is 1. The lowest BCUT2D eigenvalue weighted by Gasteiger charge is -2.21. The van der Waals surface area contributed by atoms with Gasteiger partial charge in [-0.1, -0.05) is 31.7 Å². The molecular formula is C14H15NO3. The topological polar surface area (TPSA) is 46.6 Å². The van der Waals surface area contributed by atoms with Crippen LogP contribution in [-0.4, -0.2) is 22.5 Å². The fourth-order valence-electron chi connectivity index (χ4n) is 1.84. The van der Waals surface area contributed by atoms with Gasteiger partial charge in [-0.2, -0.15) is 0 Å². The van der Waals surface area contributed by atoms with Crippen molar-refractivity contribution >= 4 is 12.0 Å². The first-order chi connectivity index (χ1) is 8.49. The number of imide groups is 1. The van der Waals surface area contributed by atoms with Crippen molar-refractivity contribution < 1.29 is 14.3 Å². The van der Waals surface area contributed by atoms with E-state index in [9.17, 15) is 9.59 Å². The van der Waals surface area contributed by atoms with Crippen molar-refractivity contribution in [3.8, 4) is 0 Å². The average molecular weight is 245 g/mol. The minimum absolute atomic E-state index is 0.392. The lowest BCUT2D eigenvalue weighted by Crippen LogP contribution is -2.32. The molecular weight excluding hydrogens is 230 g/mol. The van der Waals surface area contributed by atoms with Crippen LogP contribution in [0, 0.1) is 0 Å². The number of hydrogen-bond donors (Lipinski definition) is 0. The van der Waals surface area contributed by atoms with Crippen LogP contribution >= 0.6 is 0 Å². The van der Waals surface area contributed by atoms with Crippen LogP contribution in [0.15, 0.2) is 42.6 Å². The molecule has 1 aromatic rings. The first-order valence-corrected chi connectivity index (χ1v) is 5.81. The van der Waals surface area contributed by atoms with Crippen LogP contribution in [0.25, 0.3) is 0 Å². The highest BCUT2D eigenvalue weighted by Gasteiger charge is 2.47. The number of carbonyl (C=O) groups is 2. The summed E-state index contributed by atoms with van der Waals surface area (Å²) in [6.07, 6.45) is -0.0749. The molecule has 4 nitrogen and oxygen atoms in total. The van der Waals surface area contributed by atoms with E-state index < -0.39 is 17.6 Å². The number of carbonyl (C=O) groups excluding carboxylic acids is 2. The van der Waals surface area contributed by atoms with Gasteiger partial charge in [-0.15, -0.1) is 0 Å². The van der Waals surface area contributed by atoms with Crippen molar-refractivity contribution in [2.75, 3.05) is 0 Å². The van der Waals surface area contributed by atoms with Gasteiger partial charge >= 0.3 is 6.09 Å². The summed E-state index contributed by atoms with van der Waals surface area (Å²) < 4.78 is 5.23. The minimum Gasteiger partial charge on any atom is -0.436 e. The Kier molecular flexibility index (Phi) is 2.95. The molecule has 1 atom stereocenters. The van der Waals surface area contributed by atoms with Gasteiger partial charge < -0.3 is 4.74 Å². The molecule has 18 heavy (non-hydrogen) atoms. The smallest absolute Gasteiger partial charge is 0.422 e. The highest BCUT2D eigenvalue weighted by molar-refractivity contribution is 6.05. The molecule has 1 heterocycles. The van der Waals surface area contributed by atoms with Crippen LogP contribution in [0.5, 0.6) is 0 Å². The molecule has 1 saturated heterocycles. The summed E-state index contributed by atoms with van der Waals surface area (Å²) in [6, 6.07) is 8.62. The zero-order chi connectivity index (χ0) is 13.3. The molecule has 1 aromatic carbocycles. The van der Waals surface area contributed by atoms with Crippen LogP contribution in [0.4, 0.5) is 4.79 Å². The molecule has 0 saturated carbocycles. The zero-order valence-electron chi connectivity index (χ0n) is 10.5. The van der Waals surface area contributed by atoms with E-state index in [1.54, 1.807) is 31.2 Å². The van der Waals surface area contributed by atoms with Gasteiger partial charge in [0.05, 0.1) is 5.70 Å². The first-order valence-electron chi connectivity index (χ1n) is 5.81. The number of benzene rings is 1. The molecule has 0 radical (unpaired) electrons. The molecule has 2 rings (SSSR count). The second-order valence-electron chi connectivity index (χ2n) is 4.41. The standard InChI is InChI=1S/C14H15NO3/c1-4-14(3)10(2)15(13(17)18-14)12(16)11-8-6-5-7-9-11/h5-9H,2,4H2,1,3H3. The monoisotopic (exact) mass is 245 g/mol. The number of cyclic esters (lactones) is 1. The normalized spacial score (nSPS) is 23.1. The van der Waals surface area contributed by atoms with E-state index in [1.807, 2.05) is 13.0 Å². The third kappa shape index (κ3) is 1.79. The van der Waals surface area contributed by atoms with Gasteiger partial charge in [0.1, 0.15) is 0 Å². The molecule has 0 bridgehead atoms. The largest absolute Gasteiger partial charge is 0.436 e. The van der Waals surface area contributed by atoms with E-state index in [-0.39, 0.29) is 0 Å². The summed E-state index contributed by atoms with van der Waals surface area (Å²) in [5.74, 6) is -0.400. The van der Waals surface area contributed by atoms with Crippen molar-refractivity contribution in [1.82, 2.24) is 4.90 Å². The molecule has 4 heteroatoms. The van der Waals surface area contributed by atoms with Crippen molar-refractivity contribution in [3.05, 3.63) is 48.2 Å².